The molecule has 1 amide bonds. The Balaban J connectivity index is 3.02. The Bertz CT molecular complexity index is 447. The molecule has 0 aliphatic carbocycles. The van der Waals surface area contributed by atoms with Gasteiger partial charge in [0.1, 0.15) is 24.0 Å². The van der Waals surface area contributed by atoms with Crippen molar-refractivity contribution in [2.75, 3.05) is 24.2 Å². The van der Waals surface area contributed by atoms with Gasteiger partial charge in [0.05, 0.1) is 0 Å². The van der Waals surface area contributed by atoms with E-state index in [0.29, 0.717) is 5.82 Å². The van der Waals surface area contributed by atoms with Crippen molar-refractivity contribution < 1.29 is 4.79 Å². The number of nitrogens with zero attached hydrogens (tertiary/aromatic N) is 2. The summed E-state index contributed by atoms with van der Waals surface area (Å²) in [5, 5.41) is 9.09. The quantitative estimate of drug-likeness (QED) is 0.711. The lowest BCUT2D eigenvalue weighted by molar-refractivity contribution is -0.121. The van der Waals surface area contributed by atoms with E-state index in [0.717, 1.165) is 24.3 Å². The smallest absolute Gasteiger partial charge is 0.241 e. The van der Waals surface area contributed by atoms with Crippen LogP contribution in [0.15, 0.2) is 6.33 Å². The SMILES string of the molecule is CCCNc1ncnc(NC(C)C(=O)NC)c1C(C)C. The van der Waals surface area contributed by atoms with Crippen molar-refractivity contribution in [3.05, 3.63) is 11.9 Å². The van der Waals surface area contributed by atoms with E-state index in [4.69, 9.17) is 0 Å². The molecular formula is C14H25N5O. The number of rotatable bonds is 7. The zero-order valence-corrected chi connectivity index (χ0v) is 12.9. The molecule has 0 aromatic carbocycles. The molecule has 6 nitrogen and oxygen atoms in total. The number of likely N-dealkylation sites (N-methyl/N-ethyl adjacent to an activating group) is 1. The van der Waals surface area contributed by atoms with Crippen molar-refractivity contribution in [2.24, 2.45) is 0 Å². The minimum absolute atomic E-state index is 0.0682. The van der Waals surface area contributed by atoms with Gasteiger partial charge >= 0.3 is 0 Å². The van der Waals surface area contributed by atoms with Gasteiger partial charge < -0.3 is 16.0 Å². The van der Waals surface area contributed by atoms with Crippen molar-refractivity contribution in [2.45, 2.75) is 46.1 Å². The zero-order valence-electron chi connectivity index (χ0n) is 12.9. The van der Waals surface area contributed by atoms with Crippen molar-refractivity contribution in [3.63, 3.8) is 0 Å². The summed E-state index contributed by atoms with van der Waals surface area (Å²) in [6.07, 6.45) is 2.54. The van der Waals surface area contributed by atoms with Crippen LogP contribution in [0.2, 0.25) is 0 Å². The van der Waals surface area contributed by atoms with Crippen LogP contribution in [-0.4, -0.2) is 35.5 Å². The summed E-state index contributed by atoms with van der Waals surface area (Å²) in [5.41, 5.74) is 1.01. The minimum Gasteiger partial charge on any atom is -0.370 e. The molecule has 0 saturated carbocycles. The van der Waals surface area contributed by atoms with Crippen molar-refractivity contribution >= 4 is 17.5 Å². The lowest BCUT2D eigenvalue weighted by atomic mass is 10.0. The fourth-order valence-electron chi connectivity index (χ4n) is 1.93. The van der Waals surface area contributed by atoms with Crippen LogP contribution in [0.5, 0.6) is 0 Å². The van der Waals surface area contributed by atoms with Crippen LogP contribution in [0, 0.1) is 0 Å². The van der Waals surface area contributed by atoms with Crippen LogP contribution in [0.3, 0.4) is 0 Å². The Morgan fingerprint density at radius 3 is 2.45 bits per heavy atom. The second-order valence-corrected chi connectivity index (χ2v) is 5.05. The van der Waals surface area contributed by atoms with Gasteiger partial charge in [0.2, 0.25) is 5.91 Å². The summed E-state index contributed by atoms with van der Waals surface area (Å²) in [7, 11) is 1.62. The molecule has 0 radical (unpaired) electrons. The Hall–Kier alpha value is -1.85. The third-order valence-corrected chi connectivity index (χ3v) is 3.00. The predicted molar refractivity (Wildman–Crippen MR) is 82.1 cm³/mol. The Morgan fingerprint density at radius 1 is 1.25 bits per heavy atom. The van der Waals surface area contributed by atoms with Gasteiger partial charge in [-0.15, -0.1) is 0 Å². The van der Waals surface area contributed by atoms with Crippen LogP contribution in [0.4, 0.5) is 11.6 Å². The number of nitrogens with one attached hydrogen (secondary N) is 3. The van der Waals surface area contributed by atoms with E-state index in [9.17, 15) is 4.79 Å². The van der Waals surface area contributed by atoms with E-state index < -0.39 is 0 Å². The highest BCUT2D eigenvalue weighted by atomic mass is 16.2. The normalized spacial score (nSPS) is 12.1. The number of amides is 1. The molecule has 0 fully saturated rings. The lowest BCUT2D eigenvalue weighted by Gasteiger charge is -2.20. The maximum absolute atomic E-state index is 11.6. The van der Waals surface area contributed by atoms with Crippen LogP contribution in [-0.2, 0) is 4.79 Å². The van der Waals surface area contributed by atoms with Gasteiger partial charge in [-0.1, -0.05) is 20.8 Å². The van der Waals surface area contributed by atoms with Gasteiger partial charge in [0, 0.05) is 19.2 Å². The third kappa shape index (κ3) is 4.08. The summed E-state index contributed by atoms with van der Waals surface area (Å²) in [6.45, 7) is 8.96. The third-order valence-electron chi connectivity index (χ3n) is 3.00. The zero-order chi connectivity index (χ0) is 15.1. The molecule has 1 heterocycles. The van der Waals surface area contributed by atoms with E-state index >= 15 is 0 Å². The number of hydrogen-bond acceptors (Lipinski definition) is 5. The highest BCUT2D eigenvalue weighted by molar-refractivity contribution is 5.84. The molecule has 0 aliphatic rings. The molecule has 3 N–H and O–H groups in total. The molecule has 112 valence electrons. The first-order chi connectivity index (χ1) is 9.51. The van der Waals surface area contributed by atoms with E-state index in [2.05, 4.69) is 46.7 Å². The molecule has 1 rings (SSSR count). The minimum atomic E-state index is -0.341. The van der Waals surface area contributed by atoms with Gasteiger partial charge in [0.15, 0.2) is 0 Å². The first-order valence-corrected chi connectivity index (χ1v) is 7.08. The first-order valence-electron chi connectivity index (χ1n) is 7.08. The van der Waals surface area contributed by atoms with Crippen molar-refractivity contribution in [1.82, 2.24) is 15.3 Å². The van der Waals surface area contributed by atoms with Crippen molar-refractivity contribution in [3.8, 4) is 0 Å². The number of hydrogen-bond donors (Lipinski definition) is 3. The number of aromatic nitrogens is 2. The highest BCUT2D eigenvalue weighted by Gasteiger charge is 2.18. The Kier molecular flexibility index (Phi) is 6.21. The summed E-state index contributed by atoms with van der Waals surface area (Å²) in [4.78, 5) is 20.2. The van der Waals surface area contributed by atoms with Gasteiger partial charge in [-0.3, -0.25) is 4.79 Å². The maximum Gasteiger partial charge on any atom is 0.241 e. The van der Waals surface area contributed by atoms with E-state index in [1.807, 2.05) is 6.92 Å². The summed E-state index contributed by atoms with van der Waals surface area (Å²) in [6, 6.07) is -0.341. The molecule has 0 saturated heterocycles. The number of carbonyl (C=O) groups is 1. The largest absolute Gasteiger partial charge is 0.370 e. The number of carbonyl (C=O) groups excluding carboxylic acids is 1. The standard InChI is InChI=1S/C14H25N5O/c1-6-7-16-12-11(9(2)3)13(18-8-17-12)19-10(4)14(20)15-5/h8-10H,6-7H2,1-5H3,(H,15,20)(H2,16,17,18,19). The Labute approximate surface area is 120 Å². The second-order valence-electron chi connectivity index (χ2n) is 5.05. The highest BCUT2D eigenvalue weighted by Crippen LogP contribution is 2.28. The second kappa shape index (κ2) is 7.67. The van der Waals surface area contributed by atoms with Crippen LogP contribution in [0.1, 0.15) is 45.6 Å². The van der Waals surface area contributed by atoms with Crippen molar-refractivity contribution in [1.29, 1.82) is 0 Å². The predicted octanol–water partition coefficient (Wildman–Crippen LogP) is 1.97. The molecule has 0 aliphatic heterocycles. The summed E-state index contributed by atoms with van der Waals surface area (Å²) >= 11 is 0. The average Bonchev–Trinajstić information content (AvgIpc) is 2.43. The van der Waals surface area contributed by atoms with E-state index in [1.54, 1.807) is 7.05 Å². The average molecular weight is 279 g/mol. The van der Waals surface area contributed by atoms with Gasteiger partial charge in [0.25, 0.3) is 0 Å². The maximum atomic E-state index is 11.6. The molecule has 1 aromatic rings. The number of anilines is 2. The Morgan fingerprint density at radius 2 is 1.90 bits per heavy atom. The molecule has 0 bridgehead atoms. The van der Waals surface area contributed by atoms with Gasteiger partial charge in [-0.25, -0.2) is 9.97 Å². The molecule has 1 unspecified atom stereocenters. The van der Waals surface area contributed by atoms with Crippen LogP contribution in [0.25, 0.3) is 0 Å². The molecule has 1 aromatic heterocycles. The van der Waals surface area contributed by atoms with Gasteiger partial charge in [-0.05, 0) is 19.3 Å². The summed E-state index contributed by atoms with van der Waals surface area (Å²) < 4.78 is 0. The summed E-state index contributed by atoms with van der Waals surface area (Å²) in [5.74, 6) is 1.74. The molecule has 6 heteroatoms. The van der Waals surface area contributed by atoms with Crippen LogP contribution >= 0.6 is 0 Å². The fraction of sp³-hybridized carbons (Fsp3) is 0.643. The molecular weight excluding hydrogens is 254 g/mol. The molecule has 0 spiro atoms. The van der Waals surface area contributed by atoms with E-state index in [-0.39, 0.29) is 17.9 Å². The first kappa shape index (κ1) is 16.2. The van der Waals surface area contributed by atoms with E-state index in [1.165, 1.54) is 6.33 Å². The van der Waals surface area contributed by atoms with Gasteiger partial charge in [-0.2, -0.15) is 0 Å². The topological polar surface area (TPSA) is 78.9 Å². The van der Waals surface area contributed by atoms with Crippen LogP contribution < -0.4 is 16.0 Å². The monoisotopic (exact) mass is 279 g/mol. The lowest BCUT2D eigenvalue weighted by Crippen LogP contribution is -2.35. The molecule has 20 heavy (non-hydrogen) atoms. The fourth-order valence-corrected chi connectivity index (χ4v) is 1.93. The molecule has 1 atom stereocenters.